The second-order valence-corrected chi connectivity index (χ2v) is 6.74. The van der Waals surface area contributed by atoms with Crippen LogP contribution in [-0.4, -0.2) is 29.2 Å². The third kappa shape index (κ3) is 11.7. The number of ether oxygens (including phenoxy) is 1. The molecule has 4 heteroatoms. The summed E-state index contributed by atoms with van der Waals surface area (Å²) in [5.74, 6) is 1.16. The van der Waals surface area contributed by atoms with Crippen molar-refractivity contribution in [2.45, 2.75) is 58.3 Å². The predicted molar refractivity (Wildman–Crippen MR) is 71.1 cm³/mol. The van der Waals surface area contributed by atoms with Crippen molar-refractivity contribution in [2.24, 2.45) is 0 Å². The molecular formula is C12H25NO2S. The van der Waals surface area contributed by atoms with E-state index in [1.807, 2.05) is 32.5 Å². The first-order chi connectivity index (χ1) is 7.31. The van der Waals surface area contributed by atoms with E-state index in [9.17, 15) is 4.79 Å². The minimum atomic E-state index is -0.405. The lowest BCUT2D eigenvalue weighted by Crippen LogP contribution is -2.33. The van der Waals surface area contributed by atoms with E-state index in [0.29, 0.717) is 11.8 Å². The van der Waals surface area contributed by atoms with Crippen LogP contribution in [0, 0.1) is 0 Å². The van der Waals surface area contributed by atoms with Gasteiger partial charge in [-0.25, -0.2) is 4.79 Å². The molecule has 0 aliphatic rings. The summed E-state index contributed by atoms with van der Waals surface area (Å²) < 4.78 is 5.13. The predicted octanol–water partition coefficient (Wildman–Crippen LogP) is 3.43. The molecule has 0 unspecified atom stereocenters. The van der Waals surface area contributed by atoms with Crippen molar-refractivity contribution in [3.05, 3.63) is 0 Å². The van der Waals surface area contributed by atoms with E-state index in [1.165, 1.54) is 0 Å². The van der Waals surface area contributed by atoms with E-state index in [4.69, 9.17) is 4.74 Å². The number of hydrogen-bond acceptors (Lipinski definition) is 3. The van der Waals surface area contributed by atoms with Gasteiger partial charge in [0.05, 0.1) is 0 Å². The van der Waals surface area contributed by atoms with Gasteiger partial charge >= 0.3 is 6.09 Å². The molecule has 0 fully saturated rings. The molecule has 96 valence electrons. The van der Waals surface area contributed by atoms with E-state index in [-0.39, 0.29) is 6.09 Å². The quantitative estimate of drug-likeness (QED) is 0.731. The molecule has 0 rings (SSSR count). The minimum absolute atomic E-state index is 0.316. The molecule has 0 atom stereocenters. The fraction of sp³-hybridized carbons (Fsp3) is 0.917. The van der Waals surface area contributed by atoms with Gasteiger partial charge in [0.2, 0.25) is 0 Å². The molecule has 0 saturated carbocycles. The van der Waals surface area contributed by atoms with Gasteiger partial charge in [-0.2, -0.15) is 11.8 Å². The third-order valence-corrected chi connectivity index (χ3v) is 2.88. The second kappa shape index (κ2) is 7.82. The van der Waals surface area contributed by atoms with Crippen LogP contribution in [0.2, 0.25) is 0 Å². The summed E-state index contributed by atoms with van der Waals surface area (Å²) in [6, 6.07) is 0. The first kappa shape index (κ1) is 15.6. The van der Waals surface area contributed by atoms with E-state index in [1.54, 1.807) is 0 Å². The Labute approximate surface area is 104 Å². The molecule has 0 heterocycles. The maximum absolute atomic E-state index is 11.3. The number of alkyl carbamates (subject to hydrolysis) is 1. The smallest absolute Gasteiger partial charge is 0.407 e. The molecule has 0 aliphatic carbocycles. The molecule has 0 aliphatic heterocycles. The van der Waals surface area contributed by atoms with Crippen molar-refractivity contribution >= 4 is 17.9 Å². The van der Waals surface area contributed by atoms with Crippen LogP contribution < -0.4 is 5.32 Å². The lowest BCUT2D eigenvalue weighted by molar-refractivity contribution is 0.0527. The maximum atomic E-state index is 11.3. The van der Waals surface area contributed by atoms with E-state index < -0.39 is 5.60 Å². The second-order valence-electron chi connectivity index (χ2n) is 5.06. The van der Waals surface area contributed by atoms with Gasteiger partial charge in [-0.3, -0.25) is 0 Å². The SMILES string of the molecule is CC(C)SCCCCNC(=O)OC(C)(C)C. The monoisotopic (exact) mass is 247 g/mol. The molecule has 0 aromatic rings. The summed E-state index contributed by atoms with van der Waals surface area (Å²) in [6.45, 7) is 10.7. The number of carbonyl (C=O) groups is 1. The highest BCUT2D eigenvalue weighted by atomic mass is 32.2. The van der Waals surface area contributed by atoms with Crippen LogP contribution in [0.25, 0.3) is 0 Å². The normalized spacial score (nSPS) is 11.6. The zero-order valence-corrected chi connectivity index (χ0v) is 11.9. The van der Waals surface area contributed by atoms with E-state index in [2.05, 4.69) is 19.2 Å². The molecule has 0 spiro atoms. The molecule has 0 aromatic heterocycles. The van der Waals surface area contributed by atoms with Crippen molar-refractivity contribution in [1.29, 1.82) is 0 Å². The van der Waals surface area contributed by atoms with Crippen molar-refractivity contribution in [3.63, 3.8) is 0 Å². The van der Waals surface area contributed by atoms with Gasteiger partial charge in [-0.15, -0.1) is 0 Å². The van der Waals surface area contributed by atoms with Crippen LogP contribution in [0.1, 0.15) is 47.5 Å². The van der Waals surface area contributed by atoms with Crippen LogP contribution in [0.4, 0.5) is 4.79 Å². The van der Waals surface area contributed by atoms with Crippen molar-refractivity contribution in [3.8, 4) is 0 Å². The van der Waals surface area contributed by atoms with Gasteiger partial charge in [0, 0.05) is 6.54 Å². The third-order valence-electron chi connectivity index (χ3n) is 1.69. The average molecular weight is 247 g/mol. The van der Waals surface area contributed by atoms with E-state index >= 15 is 0 Å². The number of carbonyl (C=O) groups excluding carboxylic acids is 1. The molecule has 1 amide bonds. The highest BCUT2D eigenvalue weighted by Crippen LogP contribution is 2.11. The Hall–Kier alpha value is -0.380. The molecule has 0 saturated heterocycles. The summed E-state index contributed by atoms with van der Waals surface area (Å²) in [7, 11) is 0. The first-order valence-corrected chi connectivity index (χ1v) is 6.94. The molecule has 0 aromatic carbocycles. The van der Waals surface area contributed by atoms with Gasteiger partial charge in [-0.1, -0.05) is 13.8 Å². The molecule has 0 radical (unpaired) electrons. The topological polar surface area (TPSA) is 38.3 Å². The van der Waals surface area contributed by atoms with Crippen LogP contribution in [0.3, 0.4) is 0 Å². The van der Waals surface area contributed by atoms with Crippen LogP contribution in [0.15, 0.2) is 0 Å². The number of unbranched alkanes of at least 4 members (excludes halogenated alkanes) is 1. The number of hydrogen-bond donors (Lipinski definition) is 1. The Morgan fingerprint density at radius 1 is 1.31 bits per heavy atom. The van der Waals surface area contributed by atoms with Gasteiger partial charge in [0.25, 0.3) is 0 Å². The first-order valence-electron chi connectivity index (χ1n) is 5.90. The summed E-state index contributed by atoms with van der Waals surface area (Å²) in [5.41, 5.74) is -0.405. The molecular weight excluding hydrogens is 222 g/mol. The number of amides is 1. The maximum Gasteiger partial charge on any atom is 0.407 e. The molecule has 3 nitrogen and oxygen atoms in total. The Morgan fingerprint density at radius 3 is 2.44 bits per heavy atom. The van der Waals surface area contributed by atoms with Crippen molar-refractivity contribution < 1.29 is 9.53 Å². The van der Waals surface area contributed by atoms with Gasteiger partial charge in [0.1, 0.15) is 5.60 Å². The highest BCUT2D eigenvalue weighted by Gasteiger charge is 2.15. The molecule has 16 heavy (non-hydrogen) atoms. The van der Waals surface area contributed by atoms with Crippen molar-refractivity contribution in [1.82, 2.24) is 5.32 Å². The summed E-state index contributed by atoms with van der Waals surface area (Å²) in [6.07, 6.45) is 1.83. The lowest BCUT2D eigenvalue weighted by atomic mass is 10.2. The zero-order chi connectivity index (χ0) is 12.6. The Morgan fingerprint density at radius 2 is 1.94 bits per heavy atom. The van der Waals surface area contributed by atoms with Crippen molar-refractivity contribution in [2.75, 3.05) is 12.3 Å². The fourth-order valence-corrected chi connectivity index (χ4v) is 1.89. The highest BCUT2D eigenvalue weighted by molar-refractivity contribution is 7.99. The standard InChI is InChI=1S/C12H25NO2S/c1-10(2)16-9-7-6-8-13-11(14)15-12(3,4)5/h10H,6-9H2,1-5H3,(H,13,14). The molecule has 1 N–H and O–H groups in total. The van der Waals surface area contributed by atoms with E-state index in [0.717, 1.165) is 18.6 Å². The van der Waals surface area contributed by atoms with Gasteiger partial charge < -0.3 is 10.1 Å². The summed E-state index contributed by atoms with van der Waals surface area (Å²) >= 11 is 1.96. The largest absolute Gasteiger partial charge is 0.444 e. The summed E-state index contributed by atoms with van der Waals surface area (Å²) in [5, 5.41) is 3.45. The molecule has 0 bridgehead atoms. The van der Waals surface area contributed by atoms with Gasteiger partial charge in [0.15, 0.2) is 0 Å². The van der Waals surface area contributed by atoms with Crippen LogP contribution >= 0.6 is 11.8 Å². The van der Waals surface area contributed by atoms with Crippen LogP contribution in [0.5, 0.6) is 0 Å². The zero-order valence-electron chi connectivity index (χ0n) is 11.1. The Balaban J connectivity index is 3.35. The van der Waals surface area contributed by atoms with Gasteiger partial charge in [-0.05, 0) is 44.6 Å². The Kier molecular flexibility index (Phi) is 7.64. The number of thioether (sulfide) groups is 1. The number of nitrogens with one attached hydrogen (secondary N) is 1. The lowest BCUT2D eigenvalue weighted by Gasteiger charge is -2.19. The minimum Gasteiger partial charge on any atom is -0.444 e. The Bertz CT molecular complexity index is 200. The number of rotatable bonds is 6. The average Bonchev–Trinajstić information content (AvgIpc) is 2.07. The van der Waals surface area contributed by atoms with Crippen LogP contribution in [-0.2, 0) is 4.74 Å². The summed E-state index contributed by atoms with van der Waals surface area (Å²) in [4.78, 5) is 11.3. The fourth-order valence-electron chi connectivity index (χ4n) is 1.05.